The Balaban J connectivity index is 1.18. The van der Waals surface area contributed by atoms with Crippen LogP contribution in [0.3, 0.4) is 0 Å². The maximum absolute atomic E-state index is 14.2. The molecule has 2 saturated heterocycles. The highest BCUT2D eigenvalue weighted by molar-refractivity contribution is 6.12. The molecule has 2 unspecified atom stereocenters. The zero-order valence-electron chi connectivity index (χ0n) is 51.5. The number of quaternary nitrogens is 1. The summed E-state index contributed by atoms with van der Waals surface area (Å²) in [6.45, 7) is 19.0. The molecule has 0 saturated carbocycles. The van der Waals surface area contributed by atoms with Gasteiger partial charge >= 0.3 is 18.0 Å². The fourth-order valence-electron chi connectivity index (χ4n) is 11.2. The molecular formula is C63H95N6O16+. The summed E-state index contributed by atoms with van der Waals surface area (Å²) in [5.74, 6) is -4.32. The third kappa shape index (κ3) is 21.3. The van der Waals surface area contributed by atoms with E-state index in [1.165, 1.54) is 19.3 Å². The van der Waals surface area contributed by atoms with Gasteiger partial charge in [0, 0.05) is 68.2 Å². The lowest BCUT2D eigenvalue weighted by atomic mass is 9.88. The van der Waals surface area contributed by atoms with Crippen LogP contribution in [0.25, 0.3) is 0 Å². The van der Waals surface area contributed by atoms with E-state index in [2.05, 4.69) is 16.0 Å². The van der Waals surface area contributed by atoms with Crippen molar-refractivity contribution >= 4 is 53.3 Å². The van der Waals surface area contributed by atoms with Gasteiger partial charge in [0.1, 0.15) is 30.3 Å². The van der Waals surface area contributed by atoms with Crippen molar-refractivity contribution in [3.05, 3.63) is 77.9 Å². The normalized spacial score (nSPS) is 26.3. The number of unbranched alkanes of at least 4 members (excludes halogenated alkanes) is 2. The second-order valence-corrected chi connectivity index (χ2v) is 24.5. The molecule has 12 atom stereocenters. The minimum absolute atomic E-state index is 0.0317. The Morgan fingerprint density at radius 3 is 2.24 bits per heavy atom. The number of hydrogen-bond acceptors (Lipinski definition) is 15. The molecule has 472 valence electrons. The summed E-state index contributed by atoms with van der Waals surface area (Å²) in [5, 5.41) is 50.5. The molecule has 1 aromatic carbocycles. The predicted octanol–water partition coefficient (Wildman–Crippen LogP) is 5.63. The van der Waals surface area contributed by atoms with E-state index in [4.69, 9.17) is 18.9 Å². The summed E-state index contributed by atoms with van der Waals surface area (Å²) in [6.07, 6.45) is 10.1. The highest BCUT2D eigenvalue weighted by Crippen LogP contribution is 2.38. The minimum Gasteiger partial charge on any atom is -0.481 e. The van der Waals surface area contributed by atoms with E-state index in [1.807, 2.05) is 45.9 Å². The van der Waals surface area contributed by atoms with Crippen LogP contribution in [0.4, 0.5) is 10.5 Å². The van der Waals surface area contributed by atoms with Crippen LogP contribution in [0.2, 0.25) is 0 Å². The highest BCUT2D eigenvalue weighted by Gasteiger charge is 2.47. The first kappa shape index (κ1) is 69.5. The number of carboxylic acid groups (broad SMARTS) is 1. The number of carbonyl (C=O) groups is 8. The van der Waals surface area contributed by atoms with E-state index in [1.54, 1.807) is 76.0 Å². The number of allylic oxidation sites excluding steroid dienone is 2. The first-order chi connectivity index (χ1) is 40.1. The molecule has 85 heavy (non-hydrogen) atoms. The molecule has 5 rings (SSSR count). The molecule has 22 heteroatoms. The number of aliphatic hydroxyl groups is 3. The number of anilines is 1. The lowest BCUT2D eigenvalue weighted by Crippen LogP contribution is -2.60. The summed E-state index contributed by atoms with van der Waals surface area (Å²) in [5.41, 5.74) is -0.289. The maximum Gasteiger partial charge on any atom is 0.410 e. The van der Waals surface area contributed by atoms with Gasteiger partial charge in [-0.3, -0.25) is 43.4 Å². The molecule has 7 N–H and O–H groups in total. The number of carbonyl (C=O) groups excluding carboxylic acids is 7. The number of ether oxygens (including phenoxy) is 4. The van der Waals surface area contributed by atoms with Gasteiger partial charge in [-0.15, -0.1) is 0 Å². The number of rotatable bonds is 28. The number of methoxy groups -OCH3 is 1. The van der Waals surface area contributed by atoms with Crippen LogP contribution >= 0.6 is 0 Å². The number of nitrogens with one attached hydrogen (secondary N) is 3. The molecule has 6 amide bonds. The zero-order valence-corrected chi connectivity index (χ0v) is 51.5. The van der Waals surface area contributed by atoms with Crippen LogP contribution in [-0.4, -0.2) is 189 Å². The Bertz CT molecular complexity index is 2570. The van der Waals surface area contributed by atoms with Gasteiger partial charge < -0.3 is 59.8 Å². The molecule has 0 bridgehead atoms. The third-order valence-corrected chi connectivity index (χ3v) is 17.0. The topological polar surface area (TPSA) is 300 Å². The average molecular weight is 1190 g/mol. The van der Waals surface area contributed by atoms with E-state index in [9.17, 15) is 58.8 Å². The molecule has 0 spiro atoms. The van der Waals surface area contributed by atoms with Crippen molar-refractivity contribution in [1.82, 2.24) is 20.4 Å². The quantitative estimate of drug-likeness (QED) is 0.0102. The first-order valence-corrected chi connectivity index (χ1v) is 30.2. The average Bonchev–Trinajstić information content (AvgIpc) is 2.95. The van der Waals surface area contributed by atoms with Gasteiger partial charge in [0.25, 0.3) is 11.8 Å². The number of hydrogen-bond donors (Lipinski definition) is 7. The Labute approximate surface area is 501 Å². The van der Waals surface area contributed by atoms with Crippen molar-refractivity contribution in [1.29, 1.82) is 0 Å². The third-order valence-electron chi connectivity index (χ3n) is 17.0. The van der Waals surface area contributed by atoms with Crippen LogP contribution in [0.5, 0.6) is 0 Å². The SMILES string of the molecule is CC[C@H](O)[C@@H](C)[C@H]1O[C@@H]1C[C@@](C)(O)/C=C/C=C(\C)C1OC(=O)C[C@H](O)CC[C@@](C)(OC)[C@@H](OC(=O)N2CC[N+](CCCC(=O)O)(Cc3ccc(NC(=O)[C@H](C)NC(=O)C(NC(=O)CCCCCN4C(=O)C=CC4=O)C(C)C)cc3)CC2)/C=C/[C@@H]1C. The van der Waals surface area contributed by atoms with Gasteiger partial charge in [-0.2, -0.15) is 0 Å². The van der Waals surface area contributed by atoms with E-state index in [0.717, 1.165) is 10.5 Å². The predicted molar refractivity (Wildman–Crippen MR) is 317 cm³/mol. The Kier molecular flexibility index (Phi) is 26.1. The van der Waals surface area contributed by atoms with Gasteiger partial charge in [-0.05, 0) is 89.5 Å². The molecule has 0 aromatic heterocycles. The van der Waals surface area contributed by atoms with Crippen molar-refractivity contribution < 1.29 is 82.2 Å². The van der Waals surface area contributed by atoms with Crippen molar-refractivity contribution in [2.24, 2.45) is 17.8 Å². The van der Waals surface area contributed by atoms with Gasteiger partial charge in [0.15, 0.2) is 6.10 Å². The molecule has 1 aromatic rings. The number of epoxide rings is 1. The first-order valence-electron chi connectivity index (χ1n) is 30.2. The lowest BCUT2D eigenvalue weighted by molar-refractivity contribution is -0.944. The number of imide groups is 1. The summed E-state index contributed by atoms with van der Waals surface area (Å²) in [4.78, 5) is 105. The van der Waals surface area contributed by atoms with E-state index in [0.29, 0.717) is 93.5 Å². The van der Waals surface area contributed by atoms with Crippen LogP contribution < -0.4 is 16.0 Å². The number of carboxylic acids is 1. The van der Waals surface area contributed by atoms with Crippen LogP contribution in [0, 0.1) is 17.8 Å². The number of cyclic esters (lactones) is 1. The lowest BCUT2D eigenvalue weighted by Gasteiger charge is -2.45. The van der Waals surface area contributed by atoms with Crippen LogP contribution in [0.15, 0.2) is 72.4 Å². The number of aliphatic carboxylic acids is 1. The fourth-order valence-corrected chi connectivity index (χ4v) is 11.2. The number of nitrogens with zero attached hydrogens (tertiary/aromatic N) is 3. The Morgan fingerprint density at radius 1 is 0.941 bits per heavy atom. The molecule has 0 radical (unpaired) electrons. The monoisotopic (exact) mass is 1190 g/mol. The number of piperazine rings is 1. The number of aliphatic hydroxyl groups excluding tert-OH is 2. The highest BCUT2D eigenvalue weighted by atomic mass is 16.6. The van der Waals surface area contributed by atoms with Crippen molar-refractivity contribution in [2.45, 2.75) is 199 Å². The van der Waals surface area contributed by atoms with E-state index < -0.39 is 83.5 Å². The summed E-state index contributed by atoms with van der Waals surface area (Å²) in [6, 6.07) is 5.38. The van der Waals surface area contributed by atoms with Gasteiger partial charge in [0.05, 0.1) is 75.6 Å². The van der Waals surface area contributed by atoms with Crippen molar-refractivity contribution in [3.8, 4) is 0 Å². The fraction of sp³-hybridized carbons (Fsp3) is 0.651. The summed E-state index contributed by atoms with van der Waals surface area (Å²) >= 11 is 0. The van der Waals surface area contributed by atoms with Crippen LogP contribution in [-0.2, 0) is 59.1 Å². The number of amides is 6. The van der Waals surface area contributed by atoms with Gasteiger partial charge in [-0.25, -0.2) is 4.79 Å². The van der Waals surface area contributed by atoms with Gasteiger partial charge in [-0.1, -0.05) is 77.5 Å². The Hall–Kier alpha value is -6.30. The summed E-state index contributed by atoms with van der Waals surface area (Å²) in [7, 11) is 1.50. The molecule has 22 nitrogen and oxygen atoms in total. The van der Waals surface area contributed by atoms with Crippen molar-refractivity contribution in [3.63, 3.8) is 0 Å². The van der Waals surface area contributed by atoms with Gasteiger partial charge in [0.2, 0.25) is 17.7 Å². The standard InChI is InChI=1S/C63H94N6O16/c1-11-48(71)43(6)58-49(83-58)38-62(8,81)29-15-17-41(4)57-42(5)20-25-50(63(9,82-10)30-28-47(70)37-55(77)85-57)84-61(80)67-32-35-69(36-33-67,34-16-19-54(75)76)39-45-21-23-46(24-22-45)65-59(78)44(7)64-60(79)56(40(2)3)66-51(72)18-13-12-14-31-68-52(73)26-27-53(68)74/h15,17,20-27,29,40,42-44,47-50,56-58,70-71,81H,11-14,16,18-19,28,30-39H2,1-10H3,(H3-,64,65,66,72,75,76,78,79)/p+1/b25-20+,29-15+,41-17+/t42-,43+,44-,47+,48-,49+,50-,56?,57?,58+,62-,63+/m0/s1. The number of esters is 1. The van der Waals surface area contributed by atoms with E-state index >= 15 is 0 Å². The molecule has 4 aliphatic rings. The van der Waals surface area contributed by atoms with Crippen molar-refractivity contribution in [2.75, 3.05) is 51.7 Å². The molecule has 2 fully saturated rings. The Morgan fingerprint density at radius 2 is 1.61 bits per heavy atom. The smallest absolute Gasteiger partial charge is 0.410 e. The minimum atomic E-state index is -1.22. The molecule has 4 aliphatic heterocycles. The molecule has 4 heterocycles. The second-order valence-electron chi connectivity index (χ2n) is 24.5. The largest absolute Gasteiger partial charge is 0.481 e. The number of benzene rings is 1. The maximum atomic E-state index is 14.2. The molecule has 0 aliphatic carbocycles. The zero-order chi connectivity index (χ0) is 62.8. The van der Waals surface area contributed by atoms with E-state index in [-0.39, 0.29) is 80.4 Å². The molecular weight excluding hydrogens is 1100 g/mol. The van der Waals surface area contributed by atoms with Crippen LogP contribution in [0.1, 0.15) is 139 Å². The summed E-state index contributed by atoms with van der Waals surface area (Å²) < 4.78 is 24.6. The second kappa shape index (κ2) is 31.9.